The standard InChI is InChI=1S/C52H97NO4/c1-3-5-7-9-11-13-15-16-17-18-19-20-21-22-23-24-25-26-27-28-29-30-31-32-33-34-35-37-39-41-43-45-47-51(56)52(57)53-49(48-54)50(55)46-44-42-40-38-36-14-12-10-8-6-4-2/h19-20,22-23,36,38,44,46,49-51,54-56H,3-18,21,24-35,37,39-43,45,47-48H2,1-2H3,(H,53,57)/b20-19-,23-22-,38-36+,46-44+. The molecule has 0 aromatic rings. The molecule has 4 N–H and O–H groups in total. The van der Waals surface area contributed by atoms with Crippen molar-refractivity contribution >= 4 is 5.91 Å². The SMILES string of the molecule is CCCCCCC/C=C/CC/C=C/C(O)C(CO)NC(=O)C(O)CCCCCCCCCCCCCCCCCC/C=C\C/C=C\CCCCCCCCCCC. The van der Waals surface area contributed by atoms with E-state index in [2.05, 4.69) is 55.6 Å². The van der Waals surface area contributed by atoms with E-state index >= 15 is 0 Å². The van der Waals surface area contributed by atoms with Crippen LogP contribution in [0, 0.1) is 0 Å². The number of aliphatic hydroxyl groups excluding tert-OH is 3. The Hall–Kier alpha value is -1.69. The summed E-state index contributed by atoms with van der Waals surface area (Å²) in [6, 6.07) is -0.813. The number of hydrogen-bond acceptors (Lipinski definition) is 4. The Morgan fingerprint density at radius 1 is 0.439 bits per heavy atom. The average molecular weight is 800 g/mol. The van der Waals surface area contributed by atoms with Crippen LogP contribution in [-0.2, 0) is 4.79 Å². The molecule has 0 aromatic carbocycles. The summed E-state index contributed by atoms with van der Waals surface area (Å²) >= 11 is 0. The lowest BCUT2D eigenvalue weighted by atomic mass is 10.0. The van der Waals surface area contributed by atoms with Gasteiger partial charge in [-0.2, -0.15) is 0 Å². The van der Waals surface area contributed by atoms with Crippen LogP contribution in [0.4, 0.5) is 0 Å². The first-order valence-electron chi connectivity index (χ1n) is 25.0. The van der Waals surface area contributed by atoms with Crippen molar-refractivity contribution in [2.75, 3.05) is 6.61 Å². The molecule has 0 fully saturated rings. The van der Waals surface area contributed by atoms with E-state index in [0.717, 1.165) is 44.9 Å². The minimum absolute atomic E-state index is 0.376. The van der Waals surface area contributed by atoms with Crippen molar-refractivity contribution in [3.63, 3.8) is 0 Å². The molecule has 0 radical (unpaired) electrons. The molecule has 0 aliphatic carbocycles. The van der Waals surface area contributed by atoms with Gasteiger partial charge in [0.2, 0.25) is 5.91 Å². The van der Waals surface area contributed by atoms with Crippen molar-refractivity contribution in [1.29, 1.82) is 0 Å². The van der Waals surface area contributed by atoms with E-state index in [1.54, 1.807) is 6.08 Å². The molecule has 0 aromatic heterocycles. The Morgan fingerprint density at radius 3 is 1.18 bits per heavy atom. The monoisotopic (exact) mass is 800 g/mol. The predicted octanol–water partition coefficient (Wildman–Crippen LogP) is 14.9. The van der Waals surface area contributed by atoms with Crippen LogP contribution in [0.1, 0.15) is 251 Å². The molecule has 0 bridgehead atoms. The fourth-order valence-corrected chi connectivity index (χ4v) is 7.47. The fourth-order valence-electron chi connectivity index (χ4n) is 7.47. The molecule has 0 aliphatic heterocycles. The van der Waals surface area contributed by atoms with E-state index in [9.17, 15) is 20.1 Å². The van der Waals surface area contributed by atoms with E-state index in [4.69, 9.17) is 0 Å². The van der Waals surface area contributed by atoms with Gasteiger partial charge in [0.25, 0.3) is 0 Å². The normalized spacial score (nSPS) is 13.8. The number of rotatable bonds is 45. The summed E-state index contributed by atoms with van der Waals surface area (Å²) in [6.07, 6.45) is 61.8. The third-order valence-corrected chi connectivity index (χ3v) is 11.4. The van der Waals surface area contributed by atoms with Crippen molar-refractivity contribution in [2.24, 2.45) is 0 Å². The topological polar surface area (TPSA) is 89.8 Å². The van der Waals surface area contributed by atoms with Gasteiger partial charge in [-0.25, -0.2) is 0 Å². The smallest absolute Gasteiger partial charge is 0.249 e. The summed E-state index contributed by atoms with van der Waals surface area (Å²) in [4.78, 5) is 12.5. The molecule has 57 heavy (non-hydrogen) atoms. The molecular weight excluding hydrogens is 703 g/mol. The Labute approximate surface area is 355 Å². The lowest BCUT2D eigenvalue weighted by molar-refractivity contribution is -0.131. The van der Waals surface area contributed by atoms with Gasteiger partial charge in [-0.05, 0) is 64.2 Å². The Morgan fingerprint density at radius 2 is 0.772 bits per heavy atom. The molecule has 3 atom stereocenters. The number of carbonyl (C=O) groups is 1. The number of nitrogens with one attached hydrogen (secondary N) is 1. The molecular formula is C52H97NO4. The second-order valence-corrected chi connectivity index (χ2v) is 17.0. The van der Waals surface area contributed by atoms with Gasteiger partial charge in [-0.1, -0.05) is 236 Å². The second kappa shape index (κ2) is 47.0. The maximum Gasteiger partial charge on any atom is 0.249 e. The molecule has 334 valence electrons. The van der Waals surface area contributed by atoms with Gasteiger partial charge in [0, 0.05) is 0 Å². The third-order valence-electron chi connectivity index (χ3n) is 11.4. The highest BCUT2D eigenvalue weighted by molar-refractivity contribution is 5.80. The number of allylic oxidation sites excluding steroid dienone is 7. The molecule has 0 spiro atoms. The van der Waals surface area contributed by atoms with Crippen molar-refractivity contribution in [3.05, 3.63) is 48.6 Å². The Bertz CT molecular complexity index is 927. The van der Waals surface area contributed by atoms with Crippen LogP contribution in [0.2, 0.25) is 0 Å². The molecule has 5 heteroatoms. The van der Waals surface area contributed by atoms with E-state index in [1.807, 2.05) is 6.08 Å². The molecule has 0 rings (SSSR count). The van der Waals surface area contributed by atoms with Gasteiger partial charge in [-0.15, -0.1) is 0 Å². The predicted molar refractivity (Wildman–Crippen MR) is 250 cm³/mol. The molecule has 3 unspecified atom stereocenters. The van der Waals surface area contributed by atoms with Gasteiger partial charge >= 0.3 is 0 Å². The second-order valence-electron chi connectivity index (χ2n) is 17.0. The Balaban J connectivity index is 3.54. The highest BCUT2D eigenvalue weighted by Gasteiger charge is 2.22. The number of aliphatic hydroxyl groups is 3. The zero-order valence-electron chi connectivity index (χ0n) is 38.0. The quantitative estimate of drug-likeness (QED) is 0.0365. The maximum atomic E-state index is 12.5. The van der Waals surface area contributed by atoms with Crippen molar-refractivity contribution in [2.45, 2.75) is 270 Å². The minimum atomic E-state index is -1.11. The fraction of sp³-hybridized carbons (Fsp3) is 0.827. The first kappa shape index (κ1) is 55.3. The van der Waals surface area contributed by atoms with E-state index in [0.29, 0.717) is 6.42 Å². The molecule has 0 aliphatic rings. The van der Waals surface area contributed by atoms with Crippen molar-refractivity contribution in [1.82, 2.24) is 5.32 Å². The molecule has 5 nitrogen and oxygen atoms in total. The minimum Gasteiger partial charge on any atom is -0.394 e. The van der Waals surface area contributed by atoms with E-state index in [-0.39, 0.29) is 6.61 Å². The molecule has 0 saturated heterocycles. The number of hydrogen-bond donors (Lipinski definition) is 4. The molecule has 0 heterocycles. The number of carbonyl (C=O) groups excluding carboxylic acids is 1. The van der Waals surface area contributed by atoms with Crippen LogP contribution in [0.5, 0.6) is 0 Å². The lowest BCUT2D eigenvalue weighted by Crippen LogP contribution is -2.48. The zero-order valence-corrected chi connectivity index (χ0v) is 38.0. The number of unbranched alkanes of at least 4 members (excludes halogenated alkanes) is 31. The van der Waals surface area contributed by atoms with Gasteiger partial charge in [0.1, 0.15) is 6.10 Å². The lowest BCUT2D eigenvalue weighted by Gasteiger charge is -2.21. The van der Waals surface area contributed by atoms with Crippen LogP contribution in [-0.4, -0.2) is 46.1 Å². The largest absolute Gasteiger partial charge is 0.394 e. The highest BCUT2D eigenvalue weighted by Crippen LogP contribution is 2.16. The van der Waals surface area contributed by atoms with Gasteiger partial charge < -0.3 is 20.6 Å². The van der Waals surface area contributed by atoms with Crippen molar-refractivity contribution < 1.29 is 20.1 Å². The zero-order chi connectivity index (χ0) is 41.5. The van der Waals surface area contributed by atoms with Crippen LogP contribution >= 0.6 is 0 Å². The van der Waals surface area contributed by atoms with E-state index < -0.39 is 24.2 Å². The van der Waals surface area contributed by atoms with Gasteiger partial charge in [0.05, 0.1) is 18.8 Å². The summed E-state index contributed by atoms with van der Waals surface area (Å²) in [6.45, 7) is 4.15. The summed E-state index contributed by atoms with van der Waals surface area (Å²) < 4.78 is 0. The summed E-state index contributed by atoms with van der Waals surface area (Å²) in [7, 11) is 0. The average Bonchev–Trinajstić information content (AvgIpc) is 3.22. The van der Waals surface area contributed by atoms with Crippen LogP contribution in [0.25, 0.3) is 0 Å². The van der Waals surface area contributed by atoms with Crippen LogP contribution in [0.15, 0.2) is 48.6 Å². The maximum absolute atomic E-state index is 12.5. The van der Waals surface area contributed by atoms with Crippen molar-refractivity contribution in [3.8, 4) is 0 Å². The summed E-state index contributed by atoms with van der Waals surface area (Å²) in [5.74, 6) is -0.514. The highest BCUT2D eigenvalue weighted by atomic mass is 16.3. The first-order chi connectivity index (χ1) is 28.1. The third kappa shape index (κ3) is 42.2. The first-order valence-corrected chi connectivity index (χ1v) is 25.0. The van der Waals surface area contributed by atoms with Crippen LogP contribution < -0.4 is 5.32 Å². The molecule has 0 saturated carbocycles. The van der Waals surface area contributed by atoms with Gasteiger partial charge in [0.15, 0.2) is 0 Å². The molecule has 1 amide bonds. The summed E-state index contributed by atoms with van der Waals surface area (Å²) in [5, 5.41) is 33.1. The van der Waals surface area contributed by atoms with Crippen LogP contribution in [0.3, 0.4) is 0 Å². The van der Waals surface area contributed by atoms with E-state index in [1.165, 1.54) is 186 Å². The summed E-state index contributed by atoms with van der Waals surface area (Å²) in [5.41, 5.74) is 0. The van der Waals surface area contributed by atoms with Gasteiger partial charge in [-0.3, -0.25) is 4.79 Å². The Kier molecular flexibility index (Phi) is 45.6. The number of amides is 1.